The fourth-order valence-electron chi connectivity index (χ4n) is 2.67. The van der Waals surface area contributed by atoms with Gasteiger partial charge in [0.1, 0.15) is 0 Å². The molecule has 0 aliphatic heterocycles. The molecule has 3 rings (SSSR count). The van der Waals surface area contributed by atoms with Gasteiger partial charge in [-0.25, -0.2) is 0 Å². The van der Waals surface area contributed by atoms with Crippen molar-refractivity contribution in [3.05, 3.63) is 59.2 Å². The average Bonchev–Trinajstić information content (AvgIpc) is 2.68. The second-order valence-electron chi connectivity index (χ2n) is 4.44. The Morgan fingerprint density at radius 1 is 1.19 bits per heavy atom. The number of benzene rings is 2. The molecule has 16 heavy (non-hydrogen) atoms. The number of aryl methyl sites for hydroxylation is 1. The third-order valence-electron chi connectivity index (χ3n) is 3.33. The zero-order valence-electron chi connectivity index (χ0n) is 9.59. The van der Waals surface area contributed by atoms with Gasteiger partial charge < -0.3 is 0 Å². The molecule has 1 radical (unpaired) electrons. The van der Waals surface area contributed by atoms with E-state index in [-0.39, 0.29) is 0 Å². The molecule has 0 saturated heterocycles. The molecule has 0 bridgehead atoms. The van der Waals surface area contributed by atoms with E-state index in [1.807, 2.05) is 6.07 Å². The molecule has 0 saturated carbocycles. The topological polar surface area (TPSA) is 0 Å². The van der Waals surface area contributed by atoms with Crippen LogP contribution in [0.2, 0.25) is 0 Å². The van der Waals surface area contributed by atoms with E-state index in [9.17, 15) is 0 Å². The SMILES string of the molecule is CCCc1cccc2c1-c1ccc[c]c1C2. The average molecular weight is 207 g/mol. The fraction of sp³-hybridized carbons (Fsp3) is 0.250. The summed E-state index contributed by atoms with van der Waals surface area (Å²) >= 11 is 0. The molecule has 0 heteroatoms. The van der Waals surface area contributed by atoms with Crippen molar-refractivity contribution in [2.24, 2.45) is 0 Å². The highest BCUT2D eigenvalue weighted by Gasteiger charge is 2.19. The van der Waals surface area contributed by atoms with Crippen molar-refractivity contribution < 1.29 is 0 Å². The van der Waals surface area contributed by atoms with Gasteiger partial charge >= 0.3 is 0 Å². The van der Waals surface area contributed by atoms with E-state index in [1.54, 1.807) is 0 Å². The molecule has 79 valence electrons. The van der Waals surface area contributed by atoms with Crippen LogP contribution in [0.4, 0.5) is 0 Å². The van der Waals surface area contributed by atoms with E-state index >= 15 is 0 Å². The molecule has 0 amide bonds. The van der Waals surface area contributed by atoms with Crippen molar-refractivity contribution in [1.82, 2.24) is 0 Å². The van der Waals surface area contributed by atoms with Crippen LogP contribution in [0.15, 0.2) is 36.4 Å². The Balaban J connectivity index is 2.21. The Morgan fingerprint density at radius 3 is 3.00 bits per heavy atom. The second-order valence-corrected chi connectivity index (χ2v) is 4.44. The van der Waals surface area contributed by atoms with Gasteiger partial charge in [-0.1, -0.05) is 49.7 Å². The van der Waals surface area contributed by atoms with Crippen LogP contribution < -0.4 is 0 Å². The Bertz CT molecular complexity index is 523. The van der Waals surface area contributed by atoms with Crippen molar-refractivity contribution in [2.45, 2.75) is 26.2 Å². The number of hydrogen-bond donors (Lipinski definition) is 0. The Kier molecular flexibility index (Phi) is 2.28. The maximum Gasteiger partial charge on any atom is -0.000718 e. The summed E-state index contributed by atoms with van der Waals surface area (Å²) in [6.45, 7) is 2.24. The van der Waals surface area contributed by atoms with Crippen LogP contribution in [0.25, 0.3) is 11.1 Å². The van der Waals surface area contributed by atoms with E-state index in [0.717, 1.165) is 6.42 Å². The first-order valence-electron chi connectivity index (χ1n) is 6.01. The van der Waals surface area contributed by atoms with Gasteiger partial charge in [-0.05, 0) is 46.7 Å². The molecule has 0 atom stereocenters. The molecule has 0 aromatic heterocycles. The summed E-state index contributed by atoms with van der Waals surface area (Å²) in [6.07, 6.45) is 3.45. The minimum absolute atomic E-state index is 1.06. The van der Waals surface area contributed by atoms with Crippen LogP contribution in [0, 0.1) is 6.07 Å². The van der Waals surface area contributed by atoms with Crippen LogP contribution >= 0.6 is 0 Å². The van der Waals surface area contributed by atoms with E-state index in [0.29, 0.717) is 0 Å². The normalized spacial score (nSPS) is 12.3. The molecule has 0 unspecified atom stereocenters. The lowest BCUT2D eigenvalue weighted by Crippen LogP contribution is -1.89. The molecule has 0 nitrogen and oxygen atoms in total. The number of hydrogen-bond acceptors (Lipinski definition) is 0. The van der Waals surface area contributed by atoms with Crippen molar-refractivity contribution in [3.63, 3.8) is 0 Å². The monoisotopic (exact) mass is 207 g/mol. The van der Waals surface area contributed by atoms with Gasteiger partial charge in [0.05, 0.1) is 0 Å². The summed E-state index contributed by atoms with van der Waals surface area (Å²) in [7, 11) is 0. The second kappa shape index (κ2) is 3.79. The largest absolute Gasteiger partial charge is 0.0651 e. The zero-order chi connectivity index (χ0) is 11.0. The third-order valence-corrected chi connectivity index (χ3v) is 3.33. The van der Waals surface area contributed by atoms with Crippen molar-refractivity contribution in [1.29, 1.82) is 0 Å². The quantitative estimate of drug-likeness (QED) is 0.595. The van der Waals surface area contributed by atoms with Gasteiger partial charge in [0.25, 0.3) is 0 Å². The maximum atomic E-state index is 3.37. The van der Waals surface area contributed by atoms with Gasteiger partial charge in [-0.2, -0.15) is 0 Å². The predicted molar refractivity (Wildman–Crippen MR) is 67.5 cm³/mol. The Hall–Kier alpha value is -1.56. The molecule has 1 aliphatic carbocycles. The third kappa shape index (κ3) is 1.37. The molecule has 2 aromatic rings. The first-order chi connectivity index (χ1) is 7.90. The first-order valence-corrected chi connectivity index (χ1v) is 6.01. The molecule has 0 fully saturated rings. The summed E-state index contributed by atoms with van der Waals surface area (Å²) in [4.78, 5) is 0. The van der Waals surface area contributed by atoms with Gasteiger partial charge in [0.2, 0.25) is 0 Å². The van der Waals surface area contributed by atoms with Crippen LogP contribution in [0.1, 0.15) is 30.0 Å². The molecule has 1 aliphatic rings. The van der Waals surface area contributed by atoms with Crippen LogP contribution in [-0.4, -0.2) is 0 Å². The smallest absolute Gasteiger partial charge is 0.000718 e. The van der Waals surface area contributed by atoms with Crippen LogP contribution in [0.3, 0.4) is 0 Å². The number of rotatable bonds is 2. The molecule has 0 N–H and O–H groups in total. The van der Waals surface area contributed by atoms with Crippen molar-refractivity contribution in [2.75, 3.05) is 0 Å². The maximum absolute atomic E-state index is 3.37. The van der Waals surface area contributed by atoms with Gasteiger partial charge in [0.15, 0.2) is 0 Å². The lowest BCUT2D eigenvalue weighted by molar-refractivity contribution is 0.923. The zero-order valence-corrected chi connectivity index (χ0v) is 9.59. The minimum atomic E-state index is 1.06. The molecule has 0 spiro atoms. The first kappa shape index (κ1) is 9.65. The Labute approximate surface area is 96.9 Å². The molecule has 0 heterocycles. The van der Waals surface area contributed by atoms with E-state index in [1.165, 1.54) is 40.7 Å². The summed E-state index contributed by atoms with van der Waals surface area (Å²) in [5, 5.41) is 0. The molecular weight excluding hydrogens is 192 g/mol. The highest BCUT2D eigenvalue weighted by Crippen LogP contribution is 2.38. The highest BCUT2D eigenvalue weighted by molar-refractivity contribution is 5.79. The lowest BCUT2D eigenvalue weighted by Gasteiger charge is -2.08. The lowest BCUT2D eigenvalue weighted by atomic mass is 9.97. The van der Waals surface area contributed by atoms with Gasteiger partial charge in [0, 0.05) is 0 Å². The van der Waals surface area contributed by atoms with E-state index in [4.69, 9.17) is 0 Å². The summed E-state index contributed by atoms with van der Waals surface area (Å²) < 4.78 is 0. The molecular formula is C16H15. The minimum Gasteiger partial charge on any atom is -0.0651 e. The van der Waals surface area contributed by atoms with Crippen LogP contribution in [-0.2, 0) is 12.8 Å². The standard InChI is InChI=1S/C16H15/c1-2-6-12-8-5-9-14-11-13-7-3-4-10-15(13)16(12)14/h3-5,8-10H,2,6,11H2,1H3. The molecule has 2 aromatic carbocycles. The van der Waals surface area contributed by atoms with Crippen molar-refractivity contribution in [3.8, 4) is 11.1 Å². The highest BCUT2D eigenvalue weighted by atomic mass is 14.2. The van der Waals surface area contributed by atoms with Crippen LogP contribution in [0.5, 0.6) is 0 Å². The van der Waals surface area contributed by atoms with E-state index < -0.39 is 0 Å². The van der Waals surface area contributed by atoms with Crippen molar-refractivity contribution >= 4 is 0 Å². The van der Waals surface area contributed by atoms with E-state index in [2.05, 4.69) is 43.3 Å². The fourth-order valence-corrected chi connectivity index (χ4v) is 2.67. The van der Waals surface area contributed by atoms with Gasteiger partial charge in [-0.15, -0.1) is 0 Å². The number of fused-ring (bicyclic) bond motifs is 3. The predicted octanol–water partition coefficient (Wildman–Crippen LogP) is 4.01. The summed E-state index contributed by atoms with van der Waals surface area (Å²) in [6, 6.07) is 16.4. The summed E-state index contributed by atoms with van der Waals surface area (Å²) in [5.41, 5.74) is 7.22. The Morgan fingerprint density at radius 2 is 2.12 bits per heavy atom. The summed E-state index contributed by atoms with van der Waals surface area (Å²) in [5.74, 6) is 0. The van der Waals surface area contributed by atoms with Gasteiger partial charge in [-0.3, -0.25) is 0 Å².